The Bertz CT molecular complexity index is 1260. The van der Waals surface area contributed by atoms with Gasteiger partial charge in [0.15, 0.2) is 0 Å². The number of nitrogens with zero attached hydrogens (tertiary/aromatic N) is 4. The van der Waals surface area contributed by atoms with E-state index in [1.807, 2.05) is 67.3 Å². The van der Waals surface area contributed by atoms with E-state index in [0.717, 1.165) is 62.3 Å². The van der Waals surface area contributed by atoms with E-state index in [-0.39, 0.29) is 23.8 Å². The second kappa shape index (κ2) is 11.6. The van der Waals surface area contributed by atoms with Crippen molar-refractivity contribution in [3.63, 3.8) is 0 Å². The van der Waals surface area contributed by atoms with Gasteiger partial charge in [-0.25, -0.2) is 4.98 Å². The van der Waals surface area contributed by atoms with Crippen LogP contribution >= 0.6 is 0 Å². The molecule has 1 saturated carbocycles. The Balaban J connectivity index is 1.22. The van der Waals surface area contributed by atoms with Gasteiger partial charge in [0.05, 0.1) is 5.92 Å². The van der Waals surface area contributed by atoms with E-state index in [1.165, 1.54) is 0 Å². The van der Waals surface area contributed by atoms with Crippen molar-refractivity contribution in [1.82, 2.24) is 19.8 Å². The number of rotatable bonds is 7. The first kappa shape index (κ1) is 25.7. The predicted octanol–water partition coefficient (Wildman–Crippen LogP) is 2.09. The van der Waals surface area contributed by atoms with Crippen molar-refractivity contribution >= 4 is 48.3 Å². The van der Waals surface area contributed by atoms with Crippen LogP contribution in [0.1, 0.15) is 29.6 Å². The first-order valence-electron chi connectivity index (χ1n) is 13.3. The molecule has 0 unspecified atom stereocenters. The molecule has 2 amide bonds. The Morgan fingerprint density at radius 3 is 2.42 bits per heavy atom. The molecule has 0 spiro atoms. The van der Waals surface area contributed by atoms with Crippen LogP contribution in [0.5, 0.6) is 0 Å². The van der Waals surface area contributed by atoms with Gasteiger partial charge in [-0.15, -0.1) is 0 Å². The van der Waals surface area contributed by atoms with E-state index in [0.29, 0.717) is 17.3 Å². The lowest BCUT2D eigenvalue weighted by Crippen LogP contribution is -2.47. The van der Waals surface area contributed by atoms with E-state index in [2.05, 4.69) is 32.9 Å². The number of piperazine rings is 1. The molecule has 3 N–H and O–H groups in total. The third kappa shape index (κ3) is 6.14. The minimum Gasteiger partial charge on any atom is -0.367 e. The number of aromatic nitrogens is 2. The molecule has 2 heterocycles. The molecule has 0 bridgehead atoms. The van der Waals surface area contributed by atoms with Crippen molar-refractivity contribution < 1.29 is 9.59 Å². The van der Waals surface area contributed by atoms with Gasteiger partial charge >= 0.3 is 0 Å². The molecule has 1 aromatic heterocycles. The number of carbonyl (C=O) groups excluding carboxylic acids is 2. The Kier molecular flexibility index (Phi) is 7.88. The highest BCUT2D eigenvalue weighted by atomic mass is 16.2. The van der Waals surface area contributed by atoms with E-state index in [4.69, 9.17) is 4.98 Å². The molecule has 1 saturated heterocycles. The standard InChI is InChI=1S/C28H34BN7O2/c1-35-14-16-36(17-15-35)27(38)19-10-12-21(13-11-19)32-28-30-18-23(29)25(34-28)33-24-9-5-8-22(24)26(37)31-20-6-3-2-4-7-20/h2-4,6-7,10-13,18,22,24H,5,8-9,14-17,29H2,1H3,(H,31,37)(H2,30,32,33,34)/t22-,24+/m0/s1. The van der Waals surface area contributed by atoms with Gasteiger partial charge in [0, 0.05) is 55.4 Å². The summed E-state index contributed by atoms with van der Waals surface area (Å²) in [5.74, 6) is 1.13. The number of nitrogens with one attached hydrogen (secondary N) is 3. The summed E-state index contributed by atoms with van der Waals surface area (Å²) in [7, 11) is 4.03. The van der Waals surface area contributed by atoms with Gasteiger partial charge in [0.25, 0.3) is 5.91 Å². The Labute approximate surface area is 224 Å². The zero-order valence-electron chi connectivity index (χ0n) is 22.0. The van der Waals surface area contributed by atoms with Gasteiger partial charge in [0.2, 0.25) is 11.9 Å². The van der Waals surface area contributed by atoms with Gasteiger partial charge in [0.1, 0.15) is 13.7 Å². The van der Waals surface area contributed by atoms with Crippen LogP contribution in [0.2, 0.25) is 0 Å². The Morgan fingerprint density at radius 1 is 0.947 bits per heavy atom. The number of hydrogen-bond acceptors (Lipinski definition) is 7. The molecule has 2 aromatic carbocycles. The van der Waals surface area contributed by atoms with Crippen LogP contribution in [0.4, 0.5) is 23.1 Å². The molecule has 2 aliphatic rings. The van der Waals surface area contributed by atoms with Crippen LogP contribution in [0, 0.1) is 5.92 Å². The molecular formula is C28H34BN7O2. The maximum atomic E-state index is 13.0. The number of likely N-dealkylation sites (N-methyl/N-ethyl adjacent to an activating group) is 1. The normalized spacial score (nSPS) is 19.7. The van der Waals surface area contributed by atoms with Gasteiger partial charge in [-0.1, -0.05) is 24.6 Å². The van der Waals surface area contributed by atoms with Crippen molar-refractivity contribution in [3.8, 4) is 0 Å². The van der Waals surface area contributed by atoms with Gasteiger partial charge in [-0.2, -0.15) is 4.98 Å². The van der Waals surface area contributed by atoms with Crippen LogP contribution in [0.25, 0.3) is 0 Å². The molecule has 1 aliphatic heterocycles. The average molecular weight is 511 g/mol. The fourth-order valence-corrected chi connectivity index (χ4v) is 5.04. The largest absolute Gasteiger partial charge is 0.367 e. The molecule has 2 fully saturated rings. The minimum absolute atomic E-state index is 0.0000305. The smallest absolute Gasteiger partial charge is 0.253 e. The summed E-state index contributed by atoms with van der Waals surface area (Å²) >= 11 is 0. The van der Waals surface area contributed by atoms with Crippen molar-refractivity contribution in [1.29, 1.82) is 0 Å². The third-order valence-electron chi connectivity index (χ3n) is 7.37. The summed E-state index contributed by atoms with van der Waals surface area (Å²) in [6.07, 6.45) is 4.50. The summed E-state index contributed by atoms with van der Waals surface area (Å²) in [6, 6.07) is 17.0. The van der Waals surface area contributed by atoms with E-state index in [9.17, 15) is 9.59 Å². The lowest BCUT2D eigenvalue weighted by molar-refractivity contribution is -0.119. The highest BCUT2D eigenvalue weighted by Gasteiger charge is 2.33. The maximum Gasteiger partial charge on any atom is 0.253 e. The number of anilines is 4. The van der Waals surface area contributed by atoms with E-state index in [1.54, 1.807) is 6.20 Å². The topological polar surface area (TPSA) is 102 Å². The predicted molar refractivity (Wildman–Crippen MR) is 153 cm³/mol. The van der Waals surface area contributed by atoms with Crippen LogP contribution in [-0.2, 0) is 4.79 Å². The van der Waals surface area contributed by atoms with E-state index < -0.39 is 0 Å². The Morgan fingerprint density at radius 2 is 1.68 bits per heavy atom. The first-order valence-corrected chi connectivity index (χ1v) is 13.3. The summed E-state index contributed by atoms with van der Waals surface area (Å²) in [5, 5.41) is 9.79. The molecule has 3 aromatic rings. The van der Waals surface area contributed by atoms with Gasteiger partial charge < -0.3 is 25.8 Å². The molecule has 0 radical (unpaired) electrons. The number of benzene rings is 2. The highest BCUT2D eigenvalue weighted by Crippen LogP contribution is 2.29. The quantitative estimate of drug-likeness (QED) is 0.418. The number of hydrogen-bond donors (Lipinski definition) is 3. The number of amides is 2. The Hall–Kier alpha value is -3.92. The monoisotopic (exact) mass is 511 g/mol. The van der Waals surface area contributed by atoms with Crippen molar-refractivity contribution in [3.05, 3.63) is 66.4 Å². The highest BCUT2D eigenvalue weighted by molar-refractivity contribution is 6.35. The summed E-state index contributed by atoms with van der Waals surface area (Å²) in [4.78, 5) is 39.1. The fourth-order valence-electron chi connectivity index (χ4n) is 5.04. The zero-order chi connectivity index (χ0) is 26.5. The zero-order valence-corrected chi connectivity index (χ0v) is 22.0. The summed E-state index contributed by atoms with van der Waals surface area (Å²) < 4.78 is 0. The number of carbonyl (C=O) groups is 2. The molecule has 10 heteroatoms. The molecule has 2 atom stereocenters. The van der Waals surface area contributed by atoms with Crippen LogP contribution < -0.4 is 21.4 Å². The van der Waals surface area contributed by atoms with Crippen molar-refractivity contribution in [2.45, 2.75) is 25.3 Å². The molecule has 5 rings (SSSR count). The van der Waals surface area contributed by atoms with E-state index >= 15 is 0 Å². The second-order valence-corrected chi connectivity index (χ2v) is 10.2. The van der Waals surface area contributed by atoms with Crippen molar-refractivity contribution in [2.75, 3.05) is 49.2 Å². The van der Waals surface area contributed by atoms with Gasteiger partial charge in [-0.05, 0) is 61.8 Å². The third-order valence-corrected chi connectivity index (χ3v) is 7.37. The molecule has 196 valence electrons. The van der Waals surface area contributed by atoms with Crippen LogP contribution in [0.15, 0.2) is 60.8 Å². The fraction of sp³-hybridized carbons (Fsp3) is 0.357. The molecule has 9 nitrogen and oxygen atoms in total. The van der Waals surface area contributed by atoms with Crippen molar-refractivity contribution in [2.24, 2.45) is 5.92 Å². The number of para-hydroxylation sites is 1. The molecule has 38 heavy (non-hydrogen) atoms. The second-order valence-electron chi connectivity index (χ2n) is 10.2. The average Bonchev–Trinajstić information content (AvgIpc) is 3.40. The molecule has 1 aliphatic carbocycles. The van der Waals surface area contributed by atoms with Crippen LogP contribution in [0.3, 0.4) is 0 Å². The lowest BCUT2D eigenvalue weighted by atomic mass is 9.97. The lowest BCUT2D eigenvalue weighted by Gasteiger charge is -2.32. The van der Waals surface area contributed by atoms with Crippen LogP contribution in [-0.4, -0.2) is 78.7 Å². The first-order chi connectivity index (χ1) is 18.5. The molecular weight excluding hydrogens is 477 g/mol. The van der Waals surface area contributed by atoms with Gasteiger partial charge in [-0.3, -0.25) is 9.59 Å². The SMILES string of the molecule is Bc1cnc(Nc2ccc(C(=O)N3CCN(C)CC3)cc2)nc1N[C@@H]1CCC[C@@H]1C(=O)Nc1ccccc1. The summed E-state index contributed by atoms with van der Waals surface area (Å²) in [5.41, 5.74) is 3.20. The maximum absolute atomic E-state index is 13.0. The summed E-state index contributed by atoms with van der Waals surface area (Å²) in [6.45, 7) is 3.29. The minimum atomic E-state index is -0.133.